The maximum Gasteiger partial charge on any atom is 0.234 e. The maximum atomic E-state index is 11.8. The van der Waals surface area contributed by atoms with E-state index in [1.54, 1.807) is 11.9 Å². The Balaban J connectivity index is 2.39. The van der Waals surface area contributed by atoms with Gasteiger partial charge in [0.15, 0.2) is 0 Å². The van der Waals surface area contributed by atoms with Gasteiger partial charge in [0, 0.05) is 26.6 Å². The zero-order valence-corrected chi connectivity index (χ0v) is 11.5. The molecule has 6 nitrogen and oxygen atoms in total. The van der Waals surface area contributed by atoms with E-state index in [1.807, 2.05) is 11.0 Å². The van der Waals surface area contributed by atoms with Gasteiger partial charge in [0.05, 0.1) is 18.5 Å². The first kappa shape index (κ1) is 15.4. The molecule has 0 aromatic rings. The van der Waals surface area contributed by atoms with Gasteiger partial charge in [0.2, 0.25) is 11.8 Å². The van der Waals surface area contributed by atoms with Crippen LogP contribution < -0.4 is 5.73 Å². The van der Waals surface area contributed by atoms with Gasteiger partial charge in [-0.1, -0.05) is 6.42 Å². The van der Waals surface area contributed by atoms with Crippen LogP contribution in [0.5, 0.6) is 0 Å². The minimum absolute atomic E-state index is 0.00374. The molecule has 19 heavy (non-hydrogen) atoms. The molecule has 0 aromatic carbocycles. The highest BCUT2D eigenvalue weighted by molar-refractivity contribution is 5.80. The van der Waals surface area contributed by atoms with E-state index in [0.717, 1.165) is 25.8 Å². The summed E-state index contributed by atoms with van der Waals surface area (Å²) in [5, 5.41) is 8.48. The van der Waals surface area contributed by atoms with E-state index in [2.05, 4.69) is 0 Å². The normalized spacial score (nSPS) is 19.7. The van der Waals surface area contributed by atoms with Crippen LogP contribution in [0.1, 0.15) is 32.1 Å². The van der Waals surface area contributed by atoms with Gasteiger partial charge < -0.3 is 10.6 Å². The van der Waals surface area contributed by atoms with Crippen LogP contribution in [-0.4, -0.2) is 54.3 Å². The first-order valence-electron chi connectivity index (χ1n) is 6.70. The lowest BCUT2D eigenvalue weighted by atomic mass is 10.0. The van der Waals surface area contributed by atoms with E-state index in [0.29, 0.717) is 25.9 Å². The maximum absolute atomic E-state index is 11.8. The van der Waals surface area contributed by atoms with Crippen LogP contribution in [0.3, 0.4) is 0 Å². The van der Waals surface area contributed by atoms with Gasteiger partial charge in [-0.25, -0.2) is 0 Å². The molecule has 1 heterocycles. The summed E-state index contributed by atoms with van der Waals surface area (Å²) in [4.78, 5) is 26.7. The molecule has 1 rings (SSSR count). The second-order valence-corrected chi connectivity index (χ2v) is 4.92. The van der Waals surface area contributed by atoms with Gasteiger partial charge in [0.1, 0.15) is 0 Å². The van der Waals surface area contributed by atoms with Crippen molar-refractivity contribution in [3.8, 4) is 6.07 Å². The van der Waals surface area contributed by atoms with Crippen molar-refractivity contribution in [2.24, 2.45) is 5.73 Å². The lowest BCUT2D eigenvalue weighted by molar-refractivity contribution is -0.131. The number of primary amides is 1. The third-order valence-corrected chi connectivity index (χ3v) is 3.54. The summed E-state index contributed by atoms with van der Waals surface area (Å²) < 4.78 is 0. The predicted molar refractivity (Wildman–Crippen MR) is 70.9 cm³/mol. The minimum atomic E-state index is -0.301. The molecule has 106 valence electrons. The van der Waals surface area contributed by atoms with Gasteiger partial charge in [-0.05, 0) is 19.4 Å². The number of hydrogen-bond acceptors (Lipinski definition) is 4. The topological polar surface area (TPSA) is 90.4 Å². The summed E-state index contributed by atoms with van der Waals surface area (Å²) in [6, 6.07) is 1.78. The van der Waals surface area contributed by atoms with Crippen LogP contribution in [0.4, 0.5) is 0 Å². The first-order valence-corrected chi connectivity index (χ1v) is 6.70. The molecule has 0 bridgehead atoms. The van der Waals surface area contributed by atoms with Gasteiger partial charge in [-0.15, -0.1) is 0 Å². The Bertz CT molecular complexity index is 364. The average molecular weight is 266 g/mol. The number of hydrogen-bond donors (Lipinski definition) is 1. The van der Waals surface area contributed by atoms with Crippen LogP contribution in [-0.2, 0) is 9.59 Å². The van der Waals surface area contributed by atoms with Crippen LogP contribution in [0.2, 0.25) is 0 Å². The van der Waals surface area contributed by atoms with Crippen molar-refractivity contribution < 1.29 is 9.59 Å². The van der Waals surface area contributed by atoms with Crippen molar-refractivity contribution in [1.82, 2.24) is 9.80 Å². The predicted octanol–water partition coefficient (Wildman–Crippen LogP) is 0.0884. The fraction of sp³-hybridized carbons (Fsp3) is 0.769. The number of carbonyl (C=O) groups is 2. The Labute approximate surface area is 114 Å². The third kappa shape index (κ3) is 4.87. The van der Waals surface area contributed by atoms with Gasteiger partial charge in [0.25, 0.3) is 0 Å². The quantitative estimate of drug-likeness (QED) is 0.737. The summed E-state index contributed by atoms with van der Waals surface area (Å²) in [7, 11) is 1.70. The molecule has 1 fully saturated rings. The average Bonchev–Trinajstić information content (AvgIpc) is 2.42. The summed E-state index contributed by atoms with van der Waals surface area (Å²) in [5.41, 5.74) is 5.38. The second kappa shape index (κ2) is 7.74. The van der Waals surface area contributed by atoms with Gasteiger partial charge >= 0.3 is 0 Å². The Morgan fingerprint density at radius 2 is 2.21 bits per heavy atom. The van der Waals surface area contributed by atoms with Crippen molar-refractivity contribution in [2.45, 2.75) is 38.1 Å². The van der Waals surface area contributed by atoms with Crippen molar-refractivity contribution in [3.05, 3.63) is 0 Å². The Morgan fingerprint density at radius 3 is 2.84 bits per heavy atom. The SMILES string of the molecule is CN(CCC#N)C(=O)CCN1CCCCC1C(N)=O. The van der Waals surface area contributed by atoms with Crippen LogP contribution >= 0.6 is 0 Å². The van der Waals surface area contributed by atoms with Crippen LogP contribution in [0, 0.1) is 11.3 Å². The molecule has 6 heteroatoms. The fourth-order valence-corrected chi connectivity index (χ4v) is 2.35. The van der Waals surface area contributed by atoms with E-state index < -0.39 is 0 Å². The lowest BCUT2D eigenvalue weighted by Crippen LogP contribution is -2.48. The molecule has 0 aliphatic carbocycles. The standard InChI is InChI=1S/C13H22N4O2/c1-16(8-4-7-14)12(18)6-10-17-9-3-2-5-11(17)13(15)19/h11H,2-6,8-10H2,1H3,(H2,15,19). The van der Waals surface area contributed by atoms with E-state index in [-0.39, 0.29) is 17.9 Å². The number of rotatable bonds is 6. The summed E-state index contributed by atoms with van der Waals surface area (Å²) in [5.74, 6) is -0.297. The number of nitrogens with two attached hydrogens (primary N) is 1. The number of piperidine rings is 1. The molecule has 1 saturated heterocycles. The van der Waals surface area contributed by atoms with Crippen molar-refractivity contribution in [3.63, 3.8) is 0 Å². The summed E-state index contributed by atoms with van der Waals surface area (Å²) >= 11 is 0. The highest BCUT2D eigenvalue weighted by Gasteiger charge is 2.27. The van der Waals surface area contributed by atoms with Gasteiger partial charge in [-0.3, -0.25) is 14.5 Å². The summed E-state index contributed by atoms with van der Waals surface area (Å²) in [6.07, 6.45) is 3.55. The highest BCUT2D eigenvalue weighted by atomic mass is 16.2. The molecule has 0 aromatic heterocycles. The van der Waals surface area contributed by atoms with Crippen molar-refractivity contribution in [2.75, 3.05) is 26.7 Å². The van der Waals surface area contributed by atoms with Crippen LogP contribution in [0.15, 0.2) is 0 Å². The third-order valence-electron chi connectivity index (χ3n) is 3.54. The second-order valence-electron chi connectivity index (χ2n) is 4.92. The molecule has 2 amide bonds. The zero-order chi connectivity index (χ0) is 14.3. The Morgan fingerprint density at radius 1 is 1.47 bits per heavy atom. The monoisotopic (exact) mass is 266 g/mol. The molecule has 0 spiro atoms. The van der Waals surface area contributed by atoms with E-state index in [1.165, 1.54) is 0 Å². The number of likely N-dealkylation sites (tertiary alicyclic amines) is 1. The molecule has 1 aliphatic rings. The van der Waals surface area contributed by atoms with E-state index in [4.69, 9.17) is 11.0 Å². The smallest absolute Gasteiger partial charge is 0.234 e. The lowest BCUT2D eigenvalue weighted by Gasteiger charge is -2.33. The molecule has 0 radical (unpaired) electrons. The van der Waals surface area contributed by atoms with Crippen molar-refractivity contribution >= 4 is 11.8 Å². The number of nitriles is 1. The van der Waals surface area contributed by atoms with E-state index >= 15 is 0 Å². The molecular weight excluding hydrogens is 244 g/mol. The highest BCUT2D eigenvalue weighted by Crippen LogP contribution is 2.17. The van der Waals surface area contributed by atoms with E-state index in [9.17, 15) is 9.59 Å². The Kier molecular flexibility index (Phi) is 6.30. The fourth-order valence-electron chi connectivity index (χ4n) is 2.35. The van der Waals surface area contributed by atoms with Crippen LogP contribution in [0.25, 0.3) is 0 Å². The zero-order valence-electron chi connectivity index (χ0n) is 11.5. The Hall–Kier alpha value is -1.61. The summed E-state index contributed by atoms with van der Waals surface area (Å²) in [6.45, 7) is 1.83. The van der Waals surface area contributed by atoms with Gasteiger partial charge in [-0.2, -0.15) is 5.26 Å². The number of carbonyl (C=O) groups excluding carboxylic acids is 2. The number of nitrogens with zero attached hydrogens (tertiary/aromatic N) is 3. The molecule has 1 unspecified atom stereocenters. The van der Waals surface area contributed by atoms with Crippen molar-refractivity contribution in [1.29, 1.82) is 5.26 Å². The largest absolute Gasteiger partial charge is 0.368 e. The molecule has 1 atom stereocenters. The molecule has 1 aliphatic heterocycles. The molecule has 0 saturated carbocycles. The first-order chi connectivity index (χ1) is 9.06. The minimum Gasteiger partial charge on any atom is -0.368 e. The molecular formula is C13H22N4O2. The molecule has 2 N–H and O–H groups in total. The number of amides is 2.